The van der Waals surface area contributed by atoms with Crippen molar-refractivity contribution in [1.29, 1.82) is 0 Å². The molecule has 0 aromatic carbocycles. The molecule has 8 heteroatoms. The Morgan fingerprint density at radius 1 is 1.33 bits per heavy atom. The molecule has 0 saturated heterocycles. The highest BCUT2D eigenvalue weighted by Crippen LogP contribution is 2.42. The molecule has 0 radical (unpaired) electrons. The number of hydrogen-bond donors (Lipinski definition) is 2. The van der Waals surface area contributed by atoms with Crippen molar-refractivity contribution < 1.29 is 13.2 Å². The Balaban J connectivity index is 0.00000676. The van der Waals surface area contributed by atoms with Gasteiger partial charge < -0.3 is 15.4 Å². The minimum Gasteiger partial charge on any atom is -0.378 e. The van der Waals surface area contributed by atoms with Crippen LogP contribution in [0.5, 0.6) is 0 Å². The molecule has 27 heavy (non-hydrogen) atoms. The summed E-state index contributed by atoms with van der Waals surface area (Å²) in [5.41, 5.74) is -0.0567. The van der Waals surface area contributed by atoms with E-state index in [1.807, 2.05) is 0 Å². The zero-order valence-electron chi connectivity index (χ0n) is 18.1. The van der Waals surface area contributed by atoms with Crippen LogP contribution in [0.25, 0.3) is 0 Å². The summed E-state index contributed by atoms with van der Waals surface area (Å²) in [7, 11) is -1.17. The van der Waals surface area contributed by atoms with E-state index in [0.717, 1.165) is 31.8 Å². The van der Waals surface area contributed by atoms with Crippen molar-refractivity contribution in [3.05, 3.63) is 0 Å². The Labute approximate surface area is 183 Å². The van der Waals surface area contributed by atoms with Gasteiger partial charge in [-0.05, 0) is 24.7 Å². The Kier molecular flexibility index (Phi) is 11.1. The molecule has 0 aromatic heterocycles. The van der Waals surface area contributed by atoms with Crippen LogP contribution in [-0.4, -0.2) is 58.7 Å². The van der Waals surface area contributed by atoms with Crippen molar-refractivity contribution in [3.8, 4) is 0 Å². The van der Waals surface area contributed by atoms with E-state index < -0.39 is 9.84 Å². The largest absolute Gasteiger partial charge is 0.378 e. The Morgan fingerprint density at radius 3 is 2.44 bits per heavy atom. The van der Waals surface area contributed by atoms with Crippen LogP contribution in [0.4, 0.5) is 0 Å². The third kappa shape index (κ3) is 9.30. The van der Waals surface area contributed by atoms with Gasteiger partial charge in [0.05, 0.1) is 11.9 Å². The third-order valence-corrected chi connectivity index (χ3v) is 6.36. The second-order valence-electron chi connectivity index (χ2n) is 8.94. The zero-order valence-corrected chi connectivity index (χ0v) is 21.2. The summed E-state index contributed by atoms with van der Waals surface area (Å²) in [5.74, 6) is 0.975. The molecule has 2 atom stereocenters. The number of hydrogen-bond acceptors (Lipinski definition) is 4. The lowest BCUT2D eigenvalue weighted by Gasteiger charge is -2.52. The summed E-state index contributed by atoms with van der Waals surface area (Å²) in [4.78, 5) is 4.32. The van der Waals surface area contributed by atoms with Gasteiger partial charge in [0.2, 0.25) is 0 Å². The molecule has 0 bridgehead atoms. The van der Waals surface area contributed by atoms with Gasteiger partial charge in [0.25, 0.3) is 0 Å². The fraction of sp³-hybridized carbons (Fsp3) is 0.947. The van der Waals surface area contributed by atoms with Gasteiger partial charge in [0.15, 0.2) is 5.96 Å². The number of nitrogens with one attached hydrogen (secondary N) is 2. The van der Waals surface area contributed by atoms with Crippen LogP contribution >= 0.6 is 24.0 Å². The van der Waals surface area contributed by atoms with E-state index in [-0.39, 0.29) is 46.7 Å². The quantitative estimate of drug-likeness (QED) is 0.201. The van der Waals surface area contributed by atoms with Gasteiger partial charge in [-0.1, -0.05) is 41.0 Å². The number of ether oxygens (including phenoxy) is 1. The van der Waals surface area contributed by atoms with E-state index in [1.165, 1.54) is 6.26 Å². The van der Waals surface area contributed by atoms with Crippen molar-refractivity contribution in [2.24, 2.45) is 15.8 Å². The molecular weight excluding hydrogens is 477 g/mol. The first-order valence-electron chi connectivity index (χ1n) is 9.68. The molecule has 1 aliphatic rings. The van der Waals surface area contributed by atoms with Crippen molar-refractivity contribution in [1.82, 2.24) is 10.6 Å². The van der Waals surface area contributed by atoms with Crippen LogP contribution in [0.2, 0.25) is 0 Å². The smallest absolute Gasteiger partial charge is 0.191 e. The summed E-state index contributed by atoms with van der Waals surface area (Å²) in [6, 6.07) is 0.319. The van der Waals surface area contributed by atoms with Crippen LogP contribution in [0.3, 0.4) is 0 Å². The average Bonchev–Trinajstić information content (AvgIpc) is 2.54. The van der Waals surface area contributed by atoms with Gasteiger partial charge >= 0.3 is 0 Å². The van der Waals surface area contributed by atoms with Crippen LogP contribution in [-0.2, 0) is 14.6 Å². The number of aliphatic imine (C=N–C) groups is 1. The molecular formula is C19H40IN3O3S. The van der Waals surface area contributed by atoms with E-state index in [2.05, 4.69) is 50.2 Å². The number of unbranched alkanes of at least 4 members (excludes halogenated alkanes) is 1. The zero-order chi connectivity index (χ0) is 20.0. The lowest BCUT2D eigenvalue weighted by Crippen LogP contribution is -2.63. The fourth-order valence-electron chi connectivity index (χ4n) is 3.02. The Morgan fingerprint density at radius 2 is 1.96 bits per heavy atom. The topological polar surface area (TPSA) is 79.8 Å². The van der Waals surface area contributed by atoms with Crippen molar-refractivity contribution >= 4 is 39.8 Å². The first-order valence-corrected chi connectivity index (χ1v) is 11.7. The minimum atomic E-state index is -2.93. The monoisotopic (exact) mass is 517 g/mol. The van der Waals surface area contributed by atoms with E-state index in [4.69, 9.17) is 4.74 Å². The number of rotatable bonds is 10. The van der Waals surface area contributed by atoms with Gasteiger partial charge in [-0.15, -0.1) is 24.0 Å². The number of sulfone groups is 1. The van der Waals surface area contributed by atoms with Gasteiger partial charge in [-0.3, -0.25) is 4.99 Å². The molecule has 0 aliphatic heterocycles. The molecule has 6 nitrogen and oxygen atoms in total. The highest BCUT2D eigenvalue weighted by atomic mass is 127. The van der Waals surface area contributed by atoms with E-state index in [0.29, 0.717) is 19.0 Å². The molecule has 1 saturated carbocycles. The maximum Gasteiger partial charge on any atom is 0.191 e. The van der Waals surface area contributed by atoms with Gasteiger partial charge in [-0.2, -0.15) is 0 Å². The molecule has 2 N–H and O–H groups in total. The standard InChI is InChI=1S/C19H39N3O3S.HI/c1-8-9-11-25-16-13-15(19(16,4)5)22-17(20-6)21-14-18(2,3)10-12-26(7,23)24;/h15-16H,8-14H2,1-7H3,(H2,20,21,22);1H. The number of guanidine groups is 1. The maximum absolute atomic E-state index is 11.4. The molecule has 1 aliphatic carbocycles. The Hall–Kier alpha value is -0.0900. The number of halogens is 1. The second kappa shape index (κ2) is 11.2. The highest BCUT2D eigenvalue weighted by Gasteiger charge is 2.49. The molecule has 0 heterocycles. The van der Waals surface area contributed by atoms with Gasteiger partial charge in [0, 0.05) is 37.9 Å². The molecule has 1 fully saturated rings. The highest BCUT2D eigenvalue weighted by molar-refractivity contribution is 14.0. The molecule has 0 spiro atoms. The lowest BCUT2D eigenvalue weighted by molar-refractivity contribution is -0.113. The molecule has 1 rings (SSSR count). The predicted molar refractivity (Wildman–Crippen MR) is 125 cm³/mol. The second-order valence-corrected chi connectivity index (χ2v) is 11.2. The Bertz CT molecular complexity index is 577. The van der Waals surface area contributed by atoms with Crippen molar-refractivity contribution in [3.63, 3.8) is 0 Å². The summed E-state index contributed by atoms with van der Waals surface area (Å²) in [6.45, 7) is 12.3. The van der Waals surface area contributed by atoms with Crippen LogP contribution in [0.1, 0.15) is 60.3 Å². The minimum absolute atomic E-state index is 0. The van der Waals surface area contributed by atoms with Crippen LogP contribution in [0.15, 0.2) is 4.99 Å². The molecule has 162 valence electrons. The normalized spacial score (nSPS) is 22.6. The lowest BCUT2D eigenvalue weighted by atomic mass is 9.64. The average molecular weight is 518 g/mol. The van der Waals surface area contributed by atoms with E-state index in [1.54, 1.807) is 7.05 Å². The first-order chi connectivity index (χ1) is 11.9. The summed E-state index contributed by atoms with van der Waals surface area (Å²) in [5, 5.41) is 6.85. The SMILES string of the molecule is CCCCOC1CC(NC(=NC)NCC(C)(C)CCS(C)(=O)=O)C1(C)C.I. The summed E-state index contributed by atoms with van der Waals surface area (Å²) in [6.07, 6.45) is 5.44. The van der Waals surface area contributed by atoms with Crippen LogP contribution in [0, 0.1) is 10.8 Å². The van der Waals surface area contributed by atoms with E-state index >= 15 is 0 Å². The third-order valence-electron chi connectivity index (χ3n) is 5.41. The van der Waals surface area contributed by atoms with Crippen molar-refractivity contribution in [2.75, 3.05) is 32.2 Å². The van der Waals surface area contributed by atoms with Gasteiger partial charge in [0.1, 0.15) is 9.84 Å². The number of nitrogens with zero attached hydrogens (tertiary/aromatic N) is 1. The molecule has 2 unspecified atom stereocenters. The first kappa shape index (κ1) is 26.9. The molecule has 0 amide bonds. The van der Waals surface area contributed by atoms with Crippen LogP contribution < -0.4 is 10.6 Å². The summed E-state index contributed by atoms with van der Waals surface area (Å²) >= 11 is 0. The van der Waals surface area contributed by atoms with E-state index in [9.17, 15) is 8.42 Å². The maximum atomic E-state index is 11.4. The summed E-state index contributed by atoms with van der Waals surface area (Å²) < 4.78 is 28.8. The van der Waals surface area contributed by atoms with Crippen molar-refractivity contribution in [2.45, 2.75) is 72.4 Å². The molecule has 0 aromatic rings. The predicted octanol–water partition coefficient (Wildman–Crippen LogP) is 3.21. The van der Waals surface area contributed by atoms with Gasteiger partial charge in [-0.25, -0.2) is 8.42 Å². The fourth-order valence-corrected chi connectivity index (χ4v) is 3.94.